The summed E-state index contributed by atoms with van der Waals surface area (Å²) in [7, 11) is 0. The molecule has 104 valence electrons. The van der Waals surface area contributed by atoms with E-state index in [1.54, 1.807) is 12.1 Å². The third-order valence-electron chi connectivity index (χ3n) is 3.19. The molecule has 2 rings (SSSR count). The number of halogens is 1. The van der Waals surface area contributed by atoms with Crippen molar-refractivity contribution in [3.63, 3.8) is 0 Å². The van der Waals surface area contributed by atoms with E-state index in [-0.39, 0.29) is 17.4 Å². The van der Waals surface area contributed by atoms with Gasteiger partial charge >= 0.3 is 0 Å². The van der Waals surface area contributed by atoms with Gasteiger partial charge in [0.25, 0.3) is 0 Å². The molecule has 0 spiro atoms. The normalized spacial score (nSPS) is 13.8. The van der Waals surface area contributed by atoms with Crippen LogP contribution in [0.4, 0.5) is 0 Å². The molecule has 0 bridgehead atoms. The number of hydrogen-bond acceptors (Lipinski definition) is 2. The van der Waals surface area contributed by atoms with Gasteiger partial charge in [-0.2, -0.15) is 0 Å². The molecule has 1 unspecified atom stereocenters. The van der Waals surface area contributed by atoms with Gasteiger partial charge in [0.1, 0.15) is 5.60 Å². The van der Waals surface area contributed by atoms with Crippen molar-refractivity contribution in [2.24, 2.45) is 0 Å². The Morgan fingerprint density at radius 1 is 1.05 bits per heavy atom. The molecule has 0 aliphatic rings. The zero-order chi connectivity index (χ0) is 14.6. The second-order valence-electron chi connectivity index (χ2n) is 4.68. The molecular weight excluding hydrogens is 292 g/mol. The van der Waals surface area contributed by atoms with Crippen LogP contribution in [0, 0.1) is 0 Å². The lowest BCUT2D eigenvalue weighted by atomic mass is 9.91. The highest BCUT2D eigenvalue weighted by Crippen LogP contribution is 2.29. The lowest BCUT2D eigenvalue weighted by Crippen LogP contribution is -2.29. The molecule has 1 N–H and O–H groups in total. The first-order valence-corrected chi connectivity index (χ1v) is 7.19. The molecule has 0 amide bonds. The Balaban J connectivity index is 2.30. The zero-order valence-electron chi connectivity index (χ0n) is 10.8. The molecule has 0 aliphatic carbocycles. The van der Waals surface area contributed by atoms with Gasteiger partial charge in [-0.15, -0.1) is 24.2 Å². The van der Waals surface area contributed by atoms with Crippen LogP contribution >= 0.6 is 24.2 Å². The summed E-state index contributed by atoms with van der Waals surface area (Å²) < 4.78 is 0. The van der Waals surface area contributed by atoms with Crippen molar-refractivity contribution in [3.05, 3.63) is 60.2 Å². The van der Waals surface area contributed by atoms with Crippen LogP contribution in [-0.4, -0.2) is 16.1 Å². The van der Waals surface area contributed by atoms with E-state index in [0.717, 1.165) is 11.1 Å². The fraction of sp³-hybridized carbons (Fsp3) is 0.188. The summed E-state index contributed by atoms with van der Waals surface area (Å²) in [5.74, 6) is -0.0516. The van der Waals surface area contributed by atoms with Crippen LogP contribution < -0.4 is 0 Å². The fourth-order valence-electron chi connectivity index (χ4n) is 2.08. The van der Waals surface area contributed by atoms with Crippen LogP contribution in [0.15, 0.2) is 54.6 Å². The number of aliphatic hydroxyl groups is 1. The van der Waals surface area contributed by atoms with Gasteiger partial charge in [0.15, 0.2) is 5.12 Å². The highest BCUT2D eigenvalue weighted by atomic mass is 35.5. The molecule has 2 aromatic rings. The Bertz CT molecular complexity index is 583. The summed E-state index contributed by atoms with van der Waals surface area (Å²) in [6.07, 6.45) is -0.107. The van der Waals surface area contributed by atoms with E-state index in [2.05, 4.69) is 12.6 Å². The van der Waals surface area contributed by atoms with Crippen molar-refractivity contribution < 1.29 is 9.90 Å². The summed E-state index contributed by atoms with van der Waals surface area (Å²) in [6.45, 7) is 0. The molecule has 0 heterocycles. The van der Waals surface area contributed by atoms with Crippen LogP contribution in [0.3, 0.4) is 0 Å². The Morgan fingerprint density at radius 2 is 1.60 bits per heavy atom. The van der Waals surface area contributed by atoms with Crippen LogP contribution in [0.5, 0.6) is 0 Å². The van der Waals surface area contributed by atoms with Crippen molar-refractivity contribution >= 4 is 29.3 Å². The predicted molar refractivity (Wildman–Crippen MR) is 85.1 cm³/mol. The third kappa shape index (κ3) is 3.42. The van der Waals surface area contributed by atoms with Crippen LogP contribution in [0.2, 0.25) is 0 Å². The number of carbonyl (C=O) groups is 1. The highest BCUT2D eigenvalue weighted by Gasteiger charge is 2.30. The van der Waals surface area contributed by atoms with Gasteiger partial charge in [-0.1, -0.05) is 54.6 Å². The Morgan fingerprint density at radius 3 is 2.10 bits per heavy atom. The van der Waals surface area contributed by atoms with Crippen molar-refractivity contribution in [2.75, 3.05) is 5.88 Å². The second kappa shape index (κ2) is 6.44. The van der Waals surface area contributed by atoms with Crippen molar-refractivity contribution in [3.8, 4) is 11.1 Å². The topological polar surface area (TPSA) is 37.3 Å². The summed E-state index contributed by atoms with van der Waals surface area (Å²) in [4.78, 5) is 11.1. The average molecular weight is 307 g/mol. The van der Waals surface area contributed by atoms with Crippen molar-refractivity contribution in [2.45, 2.75) is 12.0 Å². The number of benzene rings is 2. The van der Waals surface area contributed by atoms with E-state index in [0.29, 0.717) is 5.56 Å². The standard InChI is InChI=1S/C16H15ClO2S/c17-11-16(19,10-15(18)20)14-8-6-13(7-9-14)12-4-2-1-3-5-12/h1-9,19H,10-11H2,(H,18,20). The maximum Gasteiger partial charge on any atom is 0.189 e. The number of thiol groups is 1. The molecule has 4 heteroatoms. The quantitative estimate of drug-likeness (QED) is 0.654. The van der Waals surface area contributed by atoms with Gasteiger partial charge in [-0.05, 0) is 16.7 Å². The fourth-order valence-corrected chi connectivity index (χ4v) is 2.59. The van der Waals surface area contributed by atoms with Crippen molar-refractivity contribution in [1.29, 1.82) is 0 Å². The largest absolute Gasteiger partial charge is 0.383 e. The smallest absolute Gasteiger partial charge is 0.189 e. The minimum atomic E-state index is -1.37. The van der Waals surface area contributed by atoms with Crippen LogP contribution in [-0.2, 0) is 10.4 Å². The first kappa shape index (κ1) is 15.1. The van der Waals surface area contributed by atoms with Gasteiger partial charge in [-0.25, -0.2) is 0 Å². The number of rotatable bonds is 5. The monoisotopic (exact) mass is 306 g/mol. The number of carbonyl (C=O) groups excluding carboxylic acids is 1. The van der Waals surface area contributed by atoms with Crippen LogP contribution in [0.1, 0.15) is 12.0 Å². The molecular formula is C16H15ClO2S. The number of hydrogen-bond donors (Lipinski definition) is 2. The zero-order valence-corrected chi connectivity index (χ0v) is 12.4. The molecule has 20 heavy (non-hydrogen) atoms. The Labute approximate surface area is 128 Å². The molecule has 2 nitrogen and oxygen atoms in total. The minimum absolute atomic E-state index is 0.0516. The maximum atomic E-state index is 11.1. The van der Waals surface area contributed by atoms with Crippen LogP contribution in [0.25, 0.3) is 11.1 Å². The SMILES string of the molecule is O=C(S)CC(O)(CCl)c1ccc(-c2ccccc2)cc1. The predicted octanol–water partition coefficient (Wildman–Crippen LogP) is 3.63. The van der Waals surface area contributed by atoms with E-state index in [4.69, 9.17) is 11.6 Å². The summed E-state index contributed by atoms with van der Waals surface area (Å²) in [6, 6.07) is 17.3. The summed E-state index contributed by atoms with van der Waals surface area (Å²) in [5.41, 5.74) is 1.40. The first-order valence-electron chi connectivity index (χ1n) is 6.21. The Hall–Kier alpha value is -1.29. The lowest BCUT2D eigenvalue weighted by Gasteiger charge is -2.25. The Kier molecular flexibility index (Phi) is 4.86. The lowest BCUT2D eigenvalue weighted by molar-refractivity contribution is -0.115. The average Bonchev–Trinajstić information content (AvgIpc) is 2.47. The highest BCUT2D eigenvalue weighted by molar-refractivity contribution is 7.96. The van der Waals surface area contributed by atoms with E-state index in [1.807, 2.05) is 42.5 Å². The molecule has 0 saturated heterocycles. The van der Waals surface area contributed by atoms with Crippen molar-refractivity contribution in [1.82, 2.24) is 0 Å². The number of alkyl halides is 1. The molecule has 0 fully saturated rings. The maximum absolute atomic E-state index is 11.1. The molecule has 2 aromatic carbocycles. The van der Waals surface area contributed by atoms with Gasteiger partial charge in [0.05, 0.1) is 12.3 Å². The van der Waals surface area contributed by atoms with Gasteiger partial charge in [0, 0.05) is 0 Å². The van der Waals surface area contributed by atoms with Gasteiger partial charge in [0.2, 0.25) is 0 Å². The van der Waals surface area contributed by atoms with E-state index in [1.165, 1.54) is 0 Å². The molecule has 0 radical (unpaired) electrons. The van der Waals surface area contributed by atoms with Gasteiger partial charge in [-0.3, -0.25) is 4.79 Å². The third-order valence-corrected chi connectivity index (χ3v) is 3.79. The summed E-state index contributed by atoms with van der Waals surface area (Å²) in [5, 5.41) is 10.0. The molecule has 0 saturated carbocycles. The second-order valence-corrected chi connectivity index (χ2v) is 5.45. The minimum Gasteiger partial charge on any atom is -0.383 e. The van der Waals surface area contributed by atoms with E-state index >= 15 is 0 Å². The molecule has 0 aliphatic heterocycles. The molecule has 0 aromatic heterocycles. The summed E-state index contributed by atoms with van der Waals surface area (Å²) >= 11 is 9.52. The van der Waals surface area contributed by atoms with E-state index < -0.39 is 5.60 Å². The molecule has 1 atom stereocenters. The first-order chi connectivity index (χ1) is 9.55. The van der Waals surface area contributed by atoms with Gasteiger partial charge < -0.3 is 5.11 Å². The van der Waals surface area contributed by atoms with E-state index in [9.17, 15) is 9.90 Å².